The zero-order valence-electron chi connectivity index (χ0n) is 12.5. The zero-order valence-corrected chi connectivity index (χ0v) is 12.5. The molecule has 2 heteroatoms. The molecule has 0 heterocycles. The lowest BCUT2D eigenvalue weighted by atomic mass is 10.1. The first-order valence-electron chi connectivity index (χ1n) is 7.42. The summed E-state index contributed by atoms with van der Waals surface area (Å²) in [6.07, 6.45) is 15.8. The van der Waals surface area contributed by atoms with Gasteiger partial charge in [0.2, 0.25) is 0 Å². The van der Waals surface area contributed by atoms with E-state index in [1.165, 1.54) is 57.8 Å². The first kappa shape index (κ1) is 16.6. The van der Waals surface area contributed by atoms with Gasteiger partial charge in [0.15, 0.2) is 0 Å². The van der Waals surface area contributed by atoms with Crippen LogP contribution in [0.4, 0.5) is 0 Å². The van der Waals surface area contributed by atoms with E-state index in [1.54, 1.807) is 0 Å². The predicted molar refractivity (Wildman–Crippen MR) is 78.4 cm³/mol. The highest BCUT2D eigenvalue weighted by Gasteiger charge is 2.00. The second-order valence-electron chi connectivity index (χ2n) is 5.86. The normalized spacial score (nSPS) is 12.5. The van der Waals surface area contributed by atoms with Gasteiger partial charge in [-0.2, -0.15) is 0 Å². The minimum Gasteiger partial charge on any atom is -0.205 e. The molecule has 2 nitrogen and oxygen atoms in total. The molecule has 0 radical (unpaired) electrons. The van der Waals surface area contributed by atoms with E-state index in [1.807, 2.05) is 0 Å². The molecule has 0 aliphatic carbocycles. The maximum absolute atomic E-state index is 4.44. The molecule has 0 rings (SSSR count). The minimum absolute atomic E-state index is 0.692. The summed E-state index contributed by atoms with van der Waals surface area (Å²) in [5, 5.41) is 4.44. The van der Waals surface area contributed by atoms with E-state index in [0.29, 0.717) is 4.59 Å². The predicted octanol–water partition coefficient (Wildman–Crippen LogP) is 4.60. The van der Waals surface area contributed by atoms with E-state index in [4.69, 9.17) is 0 Å². The van der Waals surface area contributed by atoms with E-state index in [0.717, 1.165) is 6.42 Å². The molecule has 0 saturated heterocycles. The van der Waals surface area contributed by atoms with Gasteiger partial charge in [0.25, 0.3) is 0 Å². The third kappa shape index (κ3) is 15.6. The second-order valence-corrected chi connectivity index (χ2v) is 5.86. The molecule has 0 spiro atoms. The fourth-order valence-electron chi connectivity index (χ4n) is 1.85. The lowest BCUT2D eigenvalue weighted by Gasteiger charge is -2.14. The molecule has 102 valence electrons. The Hall–Kier alpha value is -0.370. The topological polar surface area (TPSA) is 12.4 Å². The van der Waals surface area contributed by atoms with Crippen LogP contribution in [-0.2, 0) is 0 Å². The number of nitrogens with zero attached hydrogens (tertiary/aromatic N) is 2. The zero-order chi connectivity index (χ0) is 13.0. The summed E-state index contributed by atoms with van der Waals surface area (Å²) in [6, 6.07) is 0. The van der Waals surface area contributed by atoms with Gasteiger partial charge >= 0.3 is 0 Å². The van der Waals surface area contributed by atoms with Crippen LogP contribution in [0.3, 0.4) is 0 Å². The van der Waals surface area contributed by atoms with Crippen LogP contribution in [0, 0.1) is 0 Å². The fraction of sp³-hybridized carbons (Fsp3) is 0.933. The number of hydrogen-bond acceptors (Lipinski definition) is 1. The van der Waals surface area contributed by atoms with Gasteiger partial charge in [-0.15, -0.1) is 0 Å². The quantitative estimate of drug-likeness (QED) is 0.217. The van der Waals surface area contributed by atoms with Crippen molar-refractivity contribution in [1.29, 1.82) is 0 Å². The highest BCUT2D eigenvalue weighted by atomic mass is 15.6. The van der Waals surface area contributed by atoms with E-state index in [9.17, 15) is 0 Å². The van der Waals surface area contributed by atoms with Crippen molar-refractivity contribution in [1.82, 2.24) is 0 Å². The van der Waals surface area contributed by atoms with Crippen LogP contribution >= 0.6 is 0 Å². The van der Waals surface area contributed by atoms with Crippen molar-refractivity contribution < 1.29 is 4.59 Å². The smallest absolute Gasteiger partial charge is 0.0923 e. The Morgan fingerprint density at radius 2 is 1.24 bits per heavy atom. The van der Waals surface area contributed by atoms with Gasteiger partial charge < -0.3 is 0 Å². The Kier molecular flexibility index (Phi) is 10.5. The fourth-order valence-corrected chi connectivity index (χ4v) is 1.85. The highest BCUT2D eigenvalue weighted by molar-refractivity contribution is 5.55. The van der Waals surface area contributed by atoms with Crippen molar-refractivity contribution in [3.8, 4) is 0 Å². The molecule has 0 fully saturated rings. The van der Waals surface area contributed by atoms with Crippen molar-refractivity contribution in [2.24, 2.45) is 5.10 Å². The summed E-state index contributed by atoms with van der Waals surface area (Å²) < 4.78 is 0.692. The summed E-state index contributed by atoms with van der Waals surface area (Å²) in [7, 11) is 6.27. The van der Waals surface area contributed by atoms with Gasteiger partial charge in [-0.1, -0.05) is 63.4 Å². The lowest BCUT2D eigenvalue weighted by Crippen LogP contribution is -2.27. The SMILES string of the molecule is CCCCCCCCCCCC=N[N+](C)(C)C. The molecule has 0 N–H and O–H groups in total. The van der Waals surface area contributed by atoms with Crippen LogP contribution in [0.1, 0.15) is 71.1 Å². The largest absolute Gasteiger partial charge is 0.205 e. The van der Waals surface area contributed by atoms with Crippen LogP contribution in [0.15, 0.2) is 5.10 Å². The molecule has 0 amide bonds. The Morgan fingerprint density at radius 1 is 0.765 bits per heavy atom. The first-order chi connectivity index (χ1) is 8.06. The molecule has 0 aliphatic rings. The van der Waals surface area contributed by atoms with Gasteiger partial charge in [-0.05, 0) is 12.8 Å². The maximum atomic E-state index is 4.44. The maximum Gasteiger partial charge on any atom is 0.0923 e. The van der Waals surface area contributed by atoms with Gasteiger partial charge in [0.05, 0.1) is 27.4 Å². The van der Waals surface area contributed by atoms with Crippen molar-refractivity contribution in [3.05, 3.63) is 0 Å². The van der Waals surface area contributed by atoms with Crippen LogP contribution in [0.5, 0.6) is 0 Å². The average molecular weight is 241 g/mol. The molecular formula is C15H33N2+. The summed E-state index contributed by atoms with van der Waals surface area (Å²) in [5.41, 5.74) is 0. The lowest BCUT2D eigenvalue weighted by molar-refractivity contribution is -0.876. The first-order valence-corrected chi connectivity index (χ1v) is 7.42. The third-order valence-electron chi connectivity index (χ3n) is 2.86. The second kappa shape index (κ2) is 10.8. The van der Waals surface area contributed by atoms with Crippen LogP contribution < -0.4 is 0 Å². The standard InChI is InChI=1S/C15H33N2/c1-5-6-7-8-9-10-11-12-13-14-15-16-17(2,3)4/h15H,5-14H2,1-4H3/q+1. The monoisotopic (exact) mass is 241 g/mol. The minimum atomic E-state index is 0.692. The highest BCUT2D eigenvalue weighted by Crippen LogP contribution is 2.10. The van der Waals surface area contributed by atoms with Crippen molar-refractivity contribution in [2.45, 2.75) is 71.1 Å². The van der Waals surface area contributed by atoms with Crippen molar-refractivity contribution in [3.63, 3.8) is 0 Å². The van der Waals surface area contributed by atoms with Gasteiger partial charge in [0.1, 0.15) is 0 Å². The molecule has 0 aromatic carbocycles. The van der Waals surface area contributed by atoms with Crippen LogP contribution in [-0.4, -0.2) is 31.9 Å². The van der Waals surface area contributed by atoms with Crippen LogP contribution in [0.25, 0.3) is 0 Å². The number of quaternary nitrogens is 1. The number of rotatable bonds is 11. The third-order valence-corrected chi connectivity index (χ3v) is 2.86. The van der Waals surface area contributed by atoms with E-state index >= 15 is 0 Å². The van der Waals surface area contributed by atoms with Crippen LogP contribution in [0.2, 0.25) is 0 Å². The molecule has 0 saturated carbocycles. The molecule has 0 aliphatic heterocycles. The Balaban J connectivity index is 3.11. The molecule has 0 atom stereocenters. The summed E-state index contributed by atoms with van der Waals surface area (Å²) in [5.74, 6) is 0. The molecule has 0 aromatic heterocycles. The van der Waals surface area contributed by atoms with E-state index < -0.39 is 0 Å². The number of unbranched alkanes of at least 4 members (excludes halogenated alkanes) is 9. The Labute approximate surface area is 109 Å². The molecular weight excluding hydrogens is 208 g/mol. The van der Waals surface area contributed by atoms with Gasteiger partial charge in [-0.3, -0.25) is 0 Å². The van der Waals surface area contributed by atoms with Crippen molar-refractivity contribution >= 4 is 6.21 Å². The average Bonchev–Trinajstić information content (AvgIpc) is 2.24. The molecule has 17 heavy (non-hydrogen) atoms. The Morgan fingerprint density at radius 3 is 1.71 bits per heavy atom. The summed E-state index contributed by atoms with van der Waals surface area (Å²) >= 11 is 0. The van der Waals surface area contributed by atoms with E-state index in [2.05, 4.69) is 39.4 Å². The molecule has 0 unspecified atom stereocenters. The van der Waals surface area contributed by atoms with Gasteiger partial charge in [0, 0.05) is 0 Å². The Bertz CT molecular complexity index is 180. The molecule has 0 bridgehead atoms. The number of hydrogen-bond donors (Lipinski definition) is 0. The van der Waals surface area contributed by atoms with Gasteiger partial charge in [-0.25, -0.2) is 4.59 Å². The summed E-state index contributed by atoms with van der Waals surface area (Å²) in [6.45, 7) is 2.28. The summed E-state index contributed by atoms with van der Waals surface area (Å²) in [4.78, 5) is 0. The van der Waals surface area contributed by atoms with E-state index in [-0.39, 0.29) is 0 Å². The van der Waals surface area contributed by atoms with Crippen molar-refractivity contribution in [2.75, 3.05) is 21.1 Å². The molecule has 0 aromatic rings.